The average molecular weight is 349 g/mol. The van der Waals surface area contributed by atoms with Gasteiger partial charge < -0.3 is 5.32 Å². The van der Waals surface area contributed by atoms with E-state index in [1.807, 2.05) is 6.20 Å². The molecule has 1 aliphatic rings. The molecule has 1 aliphatic carbocycles. The SMILES string of the molecule is c1cnc(-n2cc(Nc3ncnc4sc5c(c34)CCCC5)cn2)nc1. The van der Waals surface area contributed by atoms with Crippen molar-refractivity contribution >= 4 is 33.1 Å². The lowest BCUT2D eigenvalue weighted by atomic mass is 9.97. The quantitative estimate of drug-likeness (QED) is 0.611. The van der Waals surface area contributed by atoms with Gasteiger partial charge in [0.05, 0.1) is 23.5 Å². The third-order valence-corrected chi connectivity index (χ3v) is 5.55. The van der Waals surface area contributed by atoms with Crippen LogP contribution >= 0.6 is 11.3 Å². The maximum Gasteiger partial charge on any atom is 0.250 e. The fourth-order valence-electron chi connectivity index (χ4n) is 3.23. The number of aromatic nitrogens is 6. The monoisotopic (exact) mass is 349 g/mol. The van der Waals surface area contributed by atoms with Crippen LogP contribution < -0.4 is 5.32 Å². The number of anilines is 2. The predicted molar refractivity (Wildman–Crippen MR) is 96.5 cm³/mol. The van der Waals surface area contributed by atoms with Gasteiger partial charge in [-0.05, 0) is 37.3 Å². The molecule has 1 N–H and O–H groups in total. The lowest BCUT2D eigenvalue weighted by Gasteiger charge is -2.11. The Morgan fingerprint density at radius 2 is 1.92 bits per heavy atom. The van der Waals surface area contributed by atoms with Gasteiger partial charge in [-0.3, -0.25) is 0 Å². The molecule has 5 rings (SSSR count). The van der Waals surface area contributed by atoms with E-state index in [2.05, 4.69) is 30.4 Å². The van der Waals surface area contributed by atoms with Crippen LogP contribution in [0.4, 0.5) is 11.5 Å². The van der Waals surface area contributed by atoms with E-state index in [1.165, 1.54) is 23.3 Å². The van der Waals surface area contributed by atoms with Gasteiger partial charge in [0.1, 0.15) is 17.0 Å². The van der Waals surface area contributed by atoms with Crippen molar-refractivity contribution in [2.75, 3.05) is 5.32 Å². The van der Waals surface area contributed by atoms with E-state index in [0.717, 1.165) is 34.6 Å². The second kappa shape index (κ2) is 5.89. The molecule has 0 fully saturated rings. The molecule has 0 spiro atoms. The summed E-state index contributed by atoms with van der Waals surface area (Å²) in [5, 5.41) is 8.87. The van der Waals surface area contributed by atoms with Crippen LogP contribution in [-0.2, 0) is 12.8 Å². The van der Waals surface area contributed by atoms with Gasteiger partial charge in [-0.2, -0.15) is 5.10 Å². The molecule has 0 saturated carbocycles. The maximum atomic E-state index is 4.48. The van der Waals surface area contributed by atoms with Crippen molar-refractivity contribution in [1.29, 1.82) is 0 Å². The highest BCUT2D eigenvalue weighted by Crippen LogP contribution is 2.38. The molecule has 0 radical (unpaired) electrons. The molecule has 0 amide bonds. The van der Waals surface area contributed by atoms with E-state index in [4.69, 9.17) is 0 Å². The van der Waals surface area contributed by atoms with Gasteiger partial charge in [0, 0.05) is 17.3 Å². The number of hydrogen-bond acceptors (Lipinski definition) is 7. The number of thiophene rings is 1. The van der Waals surface area contributed by atoms with Crippen LogP contribution in [0.2, 0.25) is 0 Å². The van der Waals surface area contributed by atoms with Gasteiger partial charge >= 0.3 is 0 Å². The van der Waals surface area contributed by atoms with Gasteiger partial charge in [0.2, 0.25) is 5.95 Å². The molecule has 7 nitrogen and oxygen atoms in total. The molecule has 0 unspecified atom stereocenters. The molecule has 4 aromatic heterocycles. The van der Waals surface area contributed by atoms with E-state index < -0.39 is 0 Å². The van der Waals surface area contributed by atoms with Crippen LogP contribution in [0.1, 0.15) is 23.3 Å². The Hall–Kier alpha value is -2.87. The highest BCUT2D eigenvalue weighted by molar-refractivity contribution is 7.19. The minimum atomic E-state index is 0.538. The van der Waals surface area contributed by atoms with Crippen LogP contribution in [-0.4, -0.2) is 29.7 Å². The van der Waals surface area contributed by atoms with Gasteiger partial charge in [-0.1, -0.05) is 0 Å². The minimum absolute atomic E-state index is 0.538. The summed E-state index contributed by atoms with van der Waals surface area (Å²) in [4.78, 5) is 19.9. The van der Waals surface area contributed by atoms with Crippen LogP contribution in [0, 0.1) is 0 Å². The molecular formula is C17H15N7S. The number of rotatable bonds is 3. The van der Waals surface area contributed by atoms with Crippen molar-refractivity contribution in [3.05, 3.63) is 47.6 Å². The summed E-state index contributed by atoms with van der Waals surface area (Å²) in [6.07, 6.45) is 13.4. The van der Waals surface area contributed by atoms with Gasteiger partial charge in [-0.25, -0.2) is 24.6 Å². The summed E-state index contributed by atoms with van der Waals surface area (Å²) in [5.74, 6) is 1.38. The summed E-state index contributed by atoms with van der Waals surface area (Å²) in [7, 11) is 0. The van der Waals surface area contributed by atoms with E-state index in [9.17, 15) is 0 Å². The Morgan fingerprint density at radius 1 is 1.04 bits per heavy atom. The zero-order chi connectivity index (χ0) is 16.6. The molecular weight excluding hydrogens is 334 g/mol. The van der Waals surface area contributed by atoms with Crippen molar-refractivity contribution in [3.63, 3.8) is 0 Å². The fraction of sp³-hybridized carbons (Fsp3) is 0.235. The fourth-order valence-corrected chi connectivity index (χ4v) is 4.46. The Bertz CT molecular complexity index is 1040. The van der Waals surface area contributed by atoms with Crippen LogP contribution in [0.5, 0.6) is 0 Å². The molecule has 0 atom stereocenters. The van der Waals surface area contributed by atoms with E-state index >= 15 is 0 Å². The number of hydrogen-bond donors (Lipinski definition) is 1. The summed E-state index contributed by atoms with van der Waals surface area (Å²) in [6.45, 7) is 0. The third kappa shape index (κ3) is 2.54. The zero-order valence-corrected chi connectivity index (χ0v) is 14.2. The number of nitrogens with zero attached hydrogens (tertiary/aromatic N) is 6. The average Bonchev–Trinajstić information content (AvgIpc) is 3.27. The first kappa shape index (κ1) is 14.5. The molecule has 8 heteroatoms. The first-order chi connectivity index (χ1) is 12.4. The molecule has 0 saturated heterocycles. The molecule has 0 aliphatic heterocycles. The van der Waals surface area contributed by atoms with E-state index in [0.29, 0.717) is 5.95 Å². The normalized spacial score (nSPS) is 13.8. The zero-order valence-electron chi connectivity index (χ0n) is 13.4. The Labute approximate surface area is 147 Å². The topological polar surface area (TPSA) is 81.4 Å². The van der Waals surface area contributed by atoms with Gasteiger partial charge in [0.25, 0.3) is 0 Å². The Morgan fingerprint density at radius 3 is 2.84 bits per heavy atom. The predicted octanol–water partition coefficient (Wildman–Crippen LogP) is 3.29. The molecule has 0 bridgehead atoms. The maximum absolute atomic E-state index is 4.48. The minimum Gasteiger partial charge on any atom is -0.337 e. The van der Waals surface area contributed by atoms with Crippen LogP contribution in [0.25, 0.3) is 16.2 Å². The second-order valence-corrected chi connectivity index (χ2v) is 7.04. The van der Waals surface area contributed by atoms with Gasteiger partial charge in [-0.15, -0.1) is 11.3 Å². The Kier molecular flexibility index (Phi) is 3.41. The summed E-state index contributed by atoms with van der Waals surface area (Å²) < 4.78 is 1.64. The summed E-state index contributed by atoms with van der Waals surface area (Å²) in [5.41, 5.74) is 2.26. The summed E-state index contributed by atoms with van der Waals surface area (Å²) >= 11 is 1.79. The smallest absolute Gasteiger partial charge is 0.250 e. The lowest BCUT2D eigenvalue weighted by Crippen LogP contribution is -2.01. The van der Waals surface area contributed by atoms with Crippen molar-refractivity contribution in [3.8, 4) is 5.95 Å². The number of aryl methyl sites for hydroxylation is 2. The second-order valence-electron chi connectivity index (χ2n) is 5.96. The van der Waals surface area contributed by atoms with E-state index in [-0.39, 0.29) is 0 Å². The van der Waals surface area contributed by atoms with Crippen molar-refractivity contribution in [2.45, 2.75) is 25.7 Å². The van der Waals surface area contributed by atoms with E-state index in [1.54, 1.807) is 47.0 Å². The Balaban J connectivity index is 1.52. The van der Waals surface area contributed by atoms with Crippen molar-refractivity contribution in [2.24, 2.45) is 0 Å². The number of fused-ring (bicyclic) bond motifs is 3. The molecule has 124 valence electrons. The standard InChI is InChI=1S/C17H15N7S/c1-2-5-13-12(4-1)14-15(20-10-21-16(14)25-13)23-11-8-22-24(9-11)17-18-6-3-7-19-17/h3,6-10H,1-2,4-5H2,(H,20,21,23). The highest BCUT2D eigenvalue weighted by atomic mass is 32.1. The largest absolute Gasteiger partial charge is 0.337 e. The first-order valence-corrected chi connectivity index (χ1v) is 9.04. The van der Waals surface area contributed by atoms with Crippen molar-refractivity contribution in [1.82, 2.24) is 29.7 Å². The molecule has 4 aromatic rings. The molecule has 4 heterocycles. The van der Waals surface area contributed by atoms with Crippen LogP contribution in [0.15, 0.2) is 37.2 Å². The molecule has 0 aromatic carbocycles. The highest BCUT2D eigenvalue weighted by Gasteiger charge is 2.20. The van der Waals surface area contributed by atoms with Gasteiger partial charge in [0.15, 0.2) is 0 Å². The van der Waals surface area contributed by atoms with Crippen LogP contribution in [0.3, 0.4) is 0 Å². The first-order valence-electron chi connectivity index (χ1n) is 8.23. The van der Waals surface area contributed by atoms with Crippen molar-refractivity contribution < 1.29 is 0 Å². The summed E-state index contributed by atoms with van der Waals surface area (Å²) in [6, 6.07) is 1.78. The molecule has 25 heavy (non-hydrogen) atoms. The number of nitrogens with one attached hydrogen (secondary N) is 1. The third-order valence-electron chi connectivity index (χ3n) is 4.35. The lowest BCUT2D eigenvalue weighted by molar-refractivity contribution is 0.700.